The van der Waals surface area contributed by atoms with Crippen LogP contribution in [0.5, 0.6) is 0 Å². The Kier molecular flexibility index (Phi) is 9.08. The summed E-state index contributed by atoms with van der Waals surface area (Å²) in [5, 5.41) is 5.90. The zero-order valence-corrected chi connectivity index (χ0v) is 24.0. The van der Waals surface area contributed by atoms with Crippen LogP contribution in [0.1, 0.15) is 57.0 Å². The molecule has 4 rings (SSSR count). The van der Waals surface area contributed by atoms with Gasteiger partial charge in [-0.3, -0.25) is 14.4 Å². The molecule has 0 aliphatic carbocycles. The molecule has 204 valence electrons. The number of hydrogen-bond acceptors (Lipinski definition) is 7. The first kappa shape index (κ1) is 28.4. The third-order valence-electron chi connectivity index (χ3n) is 6.55. The summed E-state index contributed by atoms with van der Waals surface area (Å²) < 4.78 is 5.02. The van der Waals surface area contributed by atoms with Crippen LogP contribution in [0, 0.1) is 6.92 Å². The van der Waals surface area contributed by atoms with E-state index in [-0.39, 0.29) is 17.7 Å². The highest BCUT2D eigenvalue weighted by molar-refractivity contribution is 8.00. The lowest BCUT2D eigenvalue weighted by atomic mass is 10.0. The monoisotopic (exact) mass is 565 g/mol. The van der Waals surface area contributed by atoms with E-state index in [9.17, 15) is 19.2 Å². The first-order valence-electron chi connectivity index (χ1n) is 12.6. The minimum Gasteiger partial charge on any atom is -0.465 e. The Balaban J connectivity index is 1.49. The van der Waals surface area contributed by atoms with E-state index >= 15 is 0 Å². The molecule has 0 saturated heterocycles. The van der Waals surface area contributed by atoms with E-state index in [1.54, 1.807) is 11.0 Å². The zero-order chi connectivity index (χ0) is 28.1. The number of amides is 3. The van der Waals surface area contributed by atoms with E-state index in [0.717, 1.165) is 20.9 Å². The van der Waals surface area contributed by atoms with Gasteiger partial charge in [0.25, 0.3) is 5.91 Å². The summed E-state index contributed by atoms with van der Waals surface area (Å²) in [5.41, 5.74) is 3.33. The molecule has 8 nitrogen and oxygen atoms in total. The first-order chi connectivity index (χ1) is 18.7. The lowest BCUT2D eigenvalue weighted by Gasteiger charge is -2.25. The SMILES string of the molecule is CCC(Sc1cccc(NC(=O)c2ccccc2C)c1)C(=O)Nc1sc2c(c1C(=O)OC)CCN(C(C)=O)C2. The van der Waals surface area contributed by atoms with E-state index in [1.807, 2.05) is 56.3 Å². The molecule has 1 aliphatic heterocycles. The van der Waals surface area contributed by atoms with Gasteiger partial charge in [0.2, 0.25) is 11.8 Å². The van der Waals surface area contributed by atoms with Crippen molar-refractivity contribution in [3.05, 3.63) is 75.7 Å². The summed E-state index contributed by atoms with van der Waals surface area (Å²) in [5.74, 6) is -0.958. The average Bonchev–Trinajstić information content (AvgIpc) is 3.28. The number of anilines is 2. The van der Waals surface area contributed by atoms with Crippen molar-refractivity contribution in [1.82, 2.24) is 4.90 Å². The van der Waals surface area contributed by atoms with Crippen molar-refractivity contribution in [2.75, 3.05) is 24.3 Å². The summed E-state index contributed by atoms with van der Waals surface area (Å²) in [6.45, 7) is 6.25. The van der Waals surface area contributed by atoms with Crippen molar-refractivity contribution in [1.29, 1.82) is 0 Å². The maximum atomic E-state index is 13.4. The second-order valence-electron chi connectivity index (χ2n) is 9.19. The fourth-order valence-corrected chi connectivity index (χ4v) is 6.70. The smallest absolute Gasteiger partial charge is 0.341 e. The van der Waals surface area contributed by atoms with E-state index in [0.29, 0.717) is 47.7 Å². The van der Waals surface area contributed by atoms with Gasteiger partial charge in [0.05, 0.1) is 24.5 Å². The molecule has 3 aromatic rings. The molecule has 2 aromatic carbocycles. The van der Waals surface area contributed by atoms with Crippen LogP contribution in [0.25, 0.3) is 0 Å². The van der Waals surface area contributed by atoms with Crippen LogP contribution < -0.4 is 10.6 Å². The number of aryl methyl sites for hydroxylation is 1. The number of benzene rings is 2. The number of rotatable bonds is 8. The molecule has 1 unspecified atom stereocenters. The van der Waals surface area contributed by atoms with Gasteiger partial charge in [-0.25, -0.2) is 4.79 Å². The number of hydrogen-bond donors (Lipinski definition) is 2. The lowest BCUT2D eigenvalue weighted by molar-refractivity contribution is -0.129. The summed E-state index contributed by atoms with van der Waals surface area (Å²) in [6, 6.07) is 14.8. The van der Waals surface area contributed by atoms with Gasteiger partial charge in [-0.1, -0.05) is 31.2 Å². The maximum Gasteiger partial charge on any atom is 0.341 e. The Morgan fingerprint density at radius 3 is 2.56 bits per heavy atom. The summed E-state index contributed by atoms with van der Waals surface area (Å²) in [6.07, 6.45) is 1.08. The fraction of sp³-hybridized carbons (Fsp3) is 0.310. The van der Waals surface area contributed by atoms with Gasteiger partial charge in [0.15, 0.2) is 0 Å². The molecule has 0 fully saturated rings. The molecular weight excluding hydrogens is 534 g/mol. The molecule has 1 aromatic heterocycles. The Hall–Kier alpha value is -3.63. The van der Waals surface area contributed by atoms with Gasteiger partial charge in [-0.2, -0.15) is 0 Å². The molecule has 0 spiro atoms. The van der Waals surface area contributed by atoms with Crippen LogP contribution in [0.2, 0.25) is 0 Å². The molecule has 0 bridgehead atoms. The number of fused-ring (bicyclic) bond motifs is 1. The van der Waals surface area contributed by atoms with E-state index in [2.05, 4.69) is 10.6 Å². The minimum atomic E-state index is -0.503. The molecule has 39 heavy (non-hydrogen) atoms. The minimum absolute atomic E-state index is 0.0287. The number of nitrogens with zero attached hydrogens (tertiary/aromatic N) is 1. The van der Waals surface area contributed by atoms with Crippen molar-refractivity contribution in [2.45, 2.75) is 50.3 Å². The number of thiophene rings is 1. The highest BCUT2D eigenvalue weighted by atomic mass is 32.2. The number of esters is 1. The second-order valence-corrected chi connectivity index (χ2v) is 11.6. The van der Waals surface area contributed by atoms with Gasteiger partial charge in [0.1, 0.15) is 5.00 Å². The lowest BCUT2D eigenvalue weighted by Crippen LogP contribution is -2.34. The summed E-state index contributed by atoms with van der Waals surface area (Å²) >= 11 is 2.70. The van der Waals surface area contributed by atoms with E-state index < -0.39 is 11.2 Å². The van der Waals surface area contributed by atoms with Gasteiger partial charge in [0, 0.05) is 34.5 Å². The predicted molar refractivity (Wildman–Crippen MR) is 155 cm³/mol. The number of nitrogens with one attached hydrogen (secondary N) is 2. The van der Waals surface area contributed by atoms with Crippen molar-refractivity contribution >= 4 is 57.5 Å². The number of carbonyl (C=O) groups is 4. The van der Waals surface area contributed by atoms with Gasteiger partial charge in [-0.05, 0) is 55.2 Å². The topological polar surface area (TPSA) is 105 Å². The predicted octanol–water partition coefficient (Wildman–Crippen LogP) is 5.51. The molecule has 2 heterocycles. The standard InChI is InChI=1S/C29H31N3O5S2/c1-5-23(38-20-11-8-10-19(15-20)30-26(34)21-12-7-6-9-17(21)2)27(35)31-28-25(29(36)37-4)22-13-14-32(18(3)33)16-24(22)39-28/h6-12,15,23H,5,13-14,16H2,1-4H3,(H,30,34)(H,31,35). The molecule has 2 N–H and O–H groups in total. The normalized spacial score (nSPS) is 13.3. The molecule has 0 radical (unpaired) electrons. The molecule has 3 amide bonds. The van der Waals surface area contributed by atoms with Crippen LogP contribution in [-0.4, -0.2) is 47.5 Å². The number of carbonyl (C=O) groups excluding carboxylic acids is 4. The Bertz CT molecular complexity index is 1420. The third-order valence-corrected chi connectivity index (χ3v) is 9.04. The maximum absolute atomic E-state index is 13.4. The largest absolute Gasteiger partial charge is 0.465 e. The van der Waals surface area contributed by atoms with E-state index in [1.165, 1.54) is 37.1 Å². The van der Waals surface area contributed by atoms with Gasteiger partial charge >= 0.3 is 5.97 Å². The fourth-order valence-electron chi connectivity index (χ4n) is 4.43. The van der Waals surface area contributed by atoms with Crippen molar-refractivity contribution in [3.8, 4) is 0 Å². The number of methoxy groups -OCH3 is 1. The highest BCUT2D eigenvalue weighted by Gasteiger charge is 2.31. The highest BCUT2D eigenvalue weighted by Crippen LogP contribution is 2.38. The Morgan fingerprint density at radius 2 is 1.87 bits per heavy atom. The van der Waals surface area contributed by atoms with Crippen molar-refractivity contribution < 1.29 is 23.9 Å². The number of thioether (sulfide) groups is 1. The molecule has 1 atom stereocenters. The Morgan fingerprint density at radius 1 is 1.10 bits per heavy atom. The van der Waals surface area contributed by atoms with Crippen LogP contribution in [0.15, 0.2) is 53.4 Å². The van der Waals surface area contributed by atoms with Crippen LogP contribution in [-0.2, 0) is 27.3 Å². The van der Waals surface area contributed by atoms with Crippen LogP contribution >= 0.6 is 23.1 Å². The molecule has 1 aliphatic rings. The summed E-state index contributed by atoms with van der Waals surface area (Å²) in [4.78, 5) is 54.1. The summed E-state index contributed by atoms with van der Waals surface area (Å²) in [7, 11) is 1.32. The van der Waals surface area contributed by atoms with Gasteiger partial charge in [-0.15, -0.1) is 23.1 Å². The molecular formula is C29H31N3O5S2. The van der Waals surface area contributed by atoms with Crippen molar-refractivity contribution in [2.24, 2.45) is 0 Å². The zero-order valence-electron chi connectivity index (χ0n) is 22.3. The molecule has 10 heteroatoms. The van der Waals surface area contributed by atoms with Crippen molar-refractivity contribution in [3.63, 3.8) is 0 Å². The second kappa shape index (κ2) is 12.5. The quantitative estimate of drug-likeness (QED) is 0.276. The Labute approximate surface area is 236 Å². The first-order valence-corrected chi connectivity index (χ1v) is 14.3. The number of ether oxygens (including phenoxy) is 1. The molecule has 0 saturated carbocycles. The average molecular weight is 566 g/mol. The third kappa shape index (κ3) is 6.51. The van der Waals surface area contributed by atoms with Crippen LogP contribution in [0.4, 0.5) is 10.7 Å². The van der Waals surface area contributed by atoms with Gasteiger partial charge < -0.3 is 20.3 Å². The van der Waals surface area contributed by atoms with E-state index in [4.69, 9.17) is 4.74 Å². The van der Waals surface area contributed by atoms with Crippen LogP contribution in [0.3, 0.4) is 0 Å².